The van der Waals surface area contributed by atoms with Crippen molar-refractivity contribution in [3.05, 3.63) is 0 Å². The van der Waals surface area contributed by atoms with Crippen molar-refractivity contribution in [1.82, 2.24) is 0 Å². The number of nitrogens with zero attached hydrogens (tertiary/aromatic N) is 1. The van der Waals surface area contributed by atoms with Gasteiger partial charge in [0.25, 0.3) is 0 Å². The highest BCUT2D eigenvalue weighted by atomic mass is 28.1. The Morgan fingerprint density at radius 2 is 0.900 bits per heavy atom. The number of quaternary nitrogens is 1. The van der Waals surface area contributed by atoms with Crippen molar-refractivity contribution in [1.29, 1.82) is 0 Å². The first-order chi connectivity index (χ1) is 4.24. The number of rotatable bonds is 4. The molecule has 0 bridgehead atoms. The van der Waals surface area contributed by atoms with Gasteiger partial charge in [0.2, 0.25) is 0 Å². The molecule has 0 heterocycles. The monoisotopic (exact) mass is 162 g/mol. The summed E-state index contributed by atoms with van der Waals surface area (Å²) in [6, 6.07) is 0. The van der Waals surface area contributed by atoms with Gasteiger partial charge in [-0.3, -0.25) is 0 Å². The molecule has 0 spiro atoms. The fourth-order valence-corrected chi connectivity index (χ4v) is 1.34. The Morgan fingerprint density at radius 3 is 0.900 bits per heavy atom. The zero-order valence-electron chi connectivity index (χ0n) is 7.28. The third-order valence-electron chi connectivity index (χ3n) is 2.68. The van der Waals surface area contributed by atoms with Crippen LogP contribution in [0.2, 0.25) is 0 Å². The van der Waals surface area contributed by atoms with Crippen molar-refractivity contribution in [3.8, 4) is 0 Å². The summed E-state index contributed by atoms with van der Waals surface area (Å²) in [5, 5.41) is 0. The molecule has 0 atom stereocenters. The zero-order valence-corrected chi connectivity index (χ0v) is 7.28. The van der Waals surface area contributed by atoms with Gasteiger partial charge in [-0.05, 0) is 38.7 Å². The molecule has 0 aliphatic rings. The molecule has 0 aromatic heterocycles. The Labute approximate surface area is 70.0 Å². The van der Waals surface area contributed by atoms with E-state index in [0.717, 1.165) is 0 Å². The van der Waals surface area contributed by atoms with E-state index in [1.165, 1.54) is 30.7 Å². The van der Waals surface area contributed by atoms with Crippen LogP contribution in [0.3, 0.4) is 0 Å². The third kappa shape index (κ3) is 2.84. The van der Waals surface area contributed by atoms with Crippen molar-refractivity contribution < 1.29 is 4.48 Å². The Hall–Kier alpha value is 0.177. The maximum Gasteiger partial charge on any atom is 0.0757 e. The first-order valence-corrected chi connectivity index (χ1v) is 4.09. The molecule has 2 heteroatoms. The second-order valence-corrected chi connectivity index (χ2v) is 2.61. The molecular weight excluding hydrogens is 138 g/mol. The summed E-state index contributed by atoms with van der Waals surface area (Å²) in [6.45, 7) is 14.2. The van der Waals surface area contributed by atoms with Crippen molar-refractivity contribution in [2.45, 2.75) is 27.7 Å². The summed E-state index contributed by atoms with van der Waals surface area (Å²) in [6.07, 6.45) is 0. The van der Waals surface area contributed by atoms with Crippen LogP contribution in [0.25, 0.3) is 0 Å². The van der Waals surface area contributed by atoms with Crippen LogP contribution in [0.1, 0.15) is 27.7 Å². The van der Waals surface area contributed by atoms with Crippen LogP contribution >= 0.6 is 0 Å². The quantitative estimate of drug-likeness (QED) is 0.415. The SMILES string of the molecule is CC[N+](CC)(CC)CC.[SiH4]. The summed E-state index contributed by atoms with van der Waals surface area (Å²) in [5.74, 6) is 0. The zero-order chi connectivity index (χ0) is 7.33. The Morgan fingerprint density at radius 1 is 0.700 bits per heavy atom. The fourth-order valence-electron chi connectivity index (χ4n) is 1.34. The van der Waals surface area contributed by atoms with Crippen LogP contribution in [0.5, 0.6) is 0 Å². The van der Waals surface area contributed by atoms with E-state index in [9.17, 15) is 0 Å². The van der Waals surface area contributed by atoms with E-state index in [2.05, 4.69) is 27.7 Å². The average Bonchev–Trinajstić information content (AvgIpc) is 1.95. The van der Waals surface area contributed by atoms with E-state index in [1.807, 2.05) is 0 Å². The van der Waals surface area contributed by atoms with Crippen molar-refractivity contribution >= 4 is 11.0 Å². The van der Waals surface area contributed by atoms with Crippen LogP contribution < -0.4 is 0 Å². The van der Waals surface area contributed by atoms with Gasteiger partial charge in [-0.25, -0.2) is 0 Å². The van der Waals surface area contributed by atoms with Gasteiger partial charge in [0, 0.05) is 0 Å². The lowest BCUT2D eigenvalue weighted by Gasteiger charge is -2.34. The Kier molecular flexibility index (Phi) is 7.59. The molecule has 0 saturated carbocycles. The average molecular weight is 162 g/mol. The van der Waals surface area contributed by atoms with Crippen molar-refractivity contribution in [2.75, 3.05) is 26.2 Å². The van der Waals surface area contributed by atoms with Gasteiger partial charge in [-0.2, -0.15) is 0 Å². The Bertz CT molecular complexity index is 52.1. The molecule has 0 fully saturated rings. The van der Waals surface area contributed by atoms with Gasteiger partial charge in [0.1, 0.15) is 0 Å². The topological polar surface area (TPSA) is 0 Å². The molecule has 0 radical (unpaired) electrons. The lowest BCUT2D eigenvalue weighted by atomic mass is 10.3. The smallest absolute Gasteiger partial charge is 0.0757 e. The van der Waals surface area contributed by atoms with E-state index in [4.69, 9.17) is 0 Å². The largest absolute Gasteiger partial charge is 0.325 e. The molecular formula is C8H24NSi+. The van der Waals surface area contributed by atoms with Crippen LogP contribution in [0.15, 0.2) is 0 Å². The molecule has 0 aliphatic carbocycles. The molecule has 1 nitrogen and oxygen atoms in total. The molecule has 10 heavy (non-hydrogen) atoms. The van der Waals surface area contributed by atoms with Crippen LogP contribution in [-0.4, -0.2) is 41.6 Å². The summed E-state index contributed by atoms with van der Waals surface area (Å²) in [4.78, 5) is 0. The van der Waals surface area contributed by atoms with Gasteiger partial charge in [0.05, 0.1) is 26.2 Å². The van der Waals surface area contributed by atoms with Crippen LogP contribution in [0.4, 0.5) is 0 Å². The van der Waals surface area contributed by atoms with Crippen LogP contribution in [-0.2, 0) is 0 Å². The first kappa shape index (κ1) is 12.8. The molecule has 0 aliphatic heterocycles. The maximum atomic E-state index is 2.27. The highest BCUT2D eigenvalue weighted by Gasteiger charge is 2.16. The van der Waals surface area contributed by atoms with E-state index >= 15 is 0 Å². The standard InChI is InChI=1S/C8H20N.H4Si/c1-5-9(6-2,7-3)8-4;/h5-8H2,1-4H3;1H4/q+1;. The van der Waals surface area contributed by atoms with Gasteiger partial charge < -0.3 is 4.48 Å². The minimum absolute atomic E-state index is 0. The predicted molar refractivity (Wildman–Crippen MR) is 53.8 cm³/mol. The molecule has 0 aromatic rings. The van der Waals surface area contributed by atoms with Gasteiger partial charge in [-0.15, -0.1) is 0 Å². The minimum Gasteiger partial charge on any atom is -0.325 e. The second kappa shape index (κ2) is 5.92. The van der Waals surface area contributed by atoms with Crippen molar-refractivity contribution in [3.63, 3.8) is 0 Å². The lowest BCUT2D eigenvalue weighted by molar-refractivity contribution is -0.921. The Balaban J connectivity index is 0. The lowest BCUT2D eigenvalue weighted by Crippen LogP contribution is -2.47. The summed E-state index contributed by atoms with van der Waals surface area (Å²) < 4.78 is 1.28. The maximum absolute atomic E-state index is 2.27. The molecule has 0 aromatic carbocycles. The molecule has 0 N–H and O–H groups in total. The molecule has 0 saturated heterocycles. The molecule has 0 unspecified atom stereocenters. The minimum atomic E-state index is 0. The van der Waals surface area contributed by atoms with Crippen molar-refractivity contribution in [2.24, 2.45) is 0 Å². The van der Waals surface area contributed by atoms with E-state index in [0.29, 0.717) is 0 Å². The van der Waals surface area contributed by atoms with E-state index in [-0.39, 0.29) is 11.0 Å². The highest BCUT2D eigenvalue weighted by molar-refractivity contribution is 5.75. The fraction of sp³-hybridized carbons (Fsp3) is 1.00. The predicted octanol–water partition coefficient (Wildman–Crippen LogP) is 0.431. The highest BCUT2D eigenvalue weighted by Crippen LogP contribution is 2.03. The third-order valence-corrected chi connectivity index (χ3v) is 2.68. The van der Waals surface area contributed by atoms with E-state index < -0.39 is 0 Å². The first-order valence-electron chi connectivity index (χ1n) is 4.09. The molecule has 0 rings (SSSR count). The van der Waals surface area contributed by atoms with Gasteiger partial charge in [0.15, 0.2) is 0 Å². The second-order valence-electron chi connectivity index (χ2n) is 2.61. The number of hydrogen-bond acceptors (Lipinski definition) is 0. The summed E-state index contributed by atoms with van der Waals surface area (Å²) in [5.41, 5.74) is 0. The normalized spacial score (nSPS) is 10.8. The van der Waals surface area contributed by atoms with Gasteiger partial charge in [-0.1, -0.05) is 0 Å². The molecule has 0 amide bonds. The number of hydrogen-bond donors (Lipinski definition) is 0. The van der Waals surface area contributed by atoms with Crippen LogP contribution in [0, 0.1) is 0 Å². The summed E-state index contributed by atoms with van der Waals surface area (Å²) >= 11 is 0. The van der Waals surface area contributed by atoms with E-state index in [1.54, 1.807) is 0 Å². The summed E-state index contributed by atoms with van der Waals surface area (Å²) in [7, 11) is 0. The molecule has 64 valence electrons. The van der Waals surface area contributed by atoms with Gasteiger partial charge >= 0.3 is 0 Å².